The summed E-state index contributed by atoms with van der Waals surface area (Å²) in [6, 6.07) is 12.0. The number of hydrogen-bond donors (Lipinski definition) is 4. The summed E-state index contributed by atoms with van der Waals surface area (Å²) < 4.78 is 7.22. The molecule has 1 aromatic heterocycles. The number of rotatable bonds is 7. The number of nitrogens with zero attached hydrogens (tertiary/aromatic N) is 1. The molecule has 1 heterocycles. The minimum absolute atomic E-state index is 0. The van der Waals surface area contributed by atoms with Gasteiger partial charge < -0.3 is 30.2 Å². The van der Waals surface area contributed by atoms with E-state index in [1.54, 1.807) is 24.3 Å². The maximum absolute atomic E-state index is 12.6. The molecule has 174 valence electrons. The number of urea groups is 1. The first-order valence-corrected chi connectivity index (χ1v) is 10.2. The number of nitrogens with one attached hydrogen (secondary N) is 2. The zero-order chi connectivity index (χ0) is 24.1. The summed E-state index contributed by atoms with van der Waals surface area (Å²) in [5.41, 5.74) is 1.48. The molecule has 0 aliphatic carbocycles. The molecule has 3 aromatic rings. The van der Waals surface area contributed by atoms with Gasteiger partial charge in [-0.2, -0.15) is 0 Å². The van der Waals surface area contributed by atoms with Crippen LogP contribution in [0.5, 0.6) is 17.2 Å². The van der Waals surface area contributed by atoms with E-state index in [4.69, 9.17) is 4.74 Å². The zero-order valence-corrected chi connectivity index (χ0v) is 18.5. The van der Waals surface area contributed by atoms with Gasteiger partial charge in [0.2, 0.25) is 0 Å². The number of anilines is 1. The van der Waals surface area contributed by atoms with Crippen molar-refractivity contribution in [2.24, 2.45) is 7.05 Å². The third kappa shape index (κ3) is 6.63. The summed E-state index contributed by atoms with van der Waals surface area (Å²) in [5, 5.41) is 24.1. The van der Waals surface area contributed by atoms with E-state index in [0.29, 0.717) is 17.1 Å². The molecule has 34 heavy (non-hydrogen) atoms. The molecule has 0 saturated carbocycles. The van der Waals surface area contributed by atoms with Gasteiger partial charge in [-0.3, -0.25) is 9.59 Å². The van der Waals surface area contributed by atoms with Crippen LogP contribution in [0.1, 0.15) is 29.2 Å². The molecule has 0 saturated heterocycles. The Hall–Kier alpha value is -3.27. The maximum atomic E-state index is 12.6. The number of para-hydroxylation sites is 1. The Morgan fingerprint density at radius 2 is 1.74 bits per heavy atom. The Morgan fingerprint density at radius 1 is 1.09 bits per heavy atom. The number of hydrogen-bond acceptors (Lipinski definition) is 5. The van der Waals surface area contributed by atoms with Crippen LogP contribution in [0.4, 0.5) is 10.5 Å². The number of aromatic nitrogens is 1. The molecule has 0 fully saturated rings. The monoisotopic (exact) mass is 475 g/mol. The first-order chi connectivity index (χ1) is 15.7. The topological polar surface area (TPSA) is 130 Å². The van der Waals surface area contributed by atoms with Crippen molar-refractivity contribution in [2.45, 2.75) is 26.3 Å². The Bertz CT molecular complexity index is 1240. The van der Waals surface area contributed by atoms with Crippen molar-refractivity contribution in [3.05, 3.63) is 81.8 Å². The second kappa shape index (κ2) is 11.7. The first-order valence-electron chi connectivity index (χ1n) is 10.2. The summed E-state index contributed by atoms with van der Waals surface area (Å²) in [4.78, 5) is 36.2. The predicted octanol–water partition coefficient (Wildman–Crippen LogP) is 3.19. The third-order valence-electron chi connectivity index (χ3n) is 5.06. The predicted molar refractivity (Wildman–Crippen MR) is 130 cm³/mol. The van der Waals surface area contributed by atoms with Gasteiger partial charge in [-0.1, -0.05) is 30.3 Å². The van der Waals surface area contributed by atoms with Crippen LogP contribution in [-0.2, 0) is 11.8 Å². The van der Waals surface area contributed by atoms with E-state index in [1.807, 2.05) is 32.0 Å². The number of amides is 2. The molecule has 4 N–H and O–H groups in total. The van der Waals surface area contributed by atoms with Gasteiger partial charge in [0.05, 0.1) is 12.5 Å². The van der Waals surface area contributed by atoms with Crippen LogP contribution in [0.3, 0.4) is 0 Å². The van der Waals surface area contributed by atoms with Gasteiger partial charge in [0, 0.05) is 13.2 Å². The molecule has 0 unspecified atom stereocenters. The second-order valence-corrected chi connectivity index (χ2v) is 7.64. The van der Waals surface area contributed by atoms with Crippen molar-refractivity contribution in [3.63, 3.8) is 0 Å². The second-order valence-electron chi connectivity index (χ2n) is 7.64. The van der Waals surface area contributed by atoms with Gasteiger partial charge in [0.15, 0.2) is 5.69 Å². The number of pyridine rings is 1. The van der Waals surface area contributed by atoms with Crippen molar-refractivity contribution in [2.75, 3.05) is 5.32 Å². The van der Waals surface area contributed by atoms with Crippen molar-refractivity contribution in [3.8, 4) is 17.2 Å². The number of aryl methyl sites for hydroxylation is 3. The van der Waals surface area contributed by atoms with Crippen molar-refractivity contribution in [1.82, 2.24) is 9.88 Å². The number of carbonyl (C=O) groups is 2. The van der Waals surface area contributed by atoms with E-state index in [2.05, 4.69) is 10.6 Å². The number of carboxylic acids is 1. The number of aliphatic carboxylic acids is 1. The molecule has 0 aliphatic heterocycles. The Labute approximate surface area is 218 Å². The van der Waals surface area contributed by atoms with E-state index in [1.165, 1.54) is 23.9 Å². The van der Waals surface area contributed by atoms with Gasteiger partial charge in [-0.05, 0) is 48.7 Å². The van der Waals surface area contributed by atoms with Crippen molar-refractivity contribution < 1.29 is 24.5 Å². The molecular weight excluding hydrogens is 449 g/mol. The third-order valence-corrected chi connectivity index (χ3v) is 5.06. The van der Waals surface area contributed by atoms with Crippen molar-refractivity contribution in [1.29, 1.82) is 0 Å². The molecule has 0 radical (unpaired) electrons. The van der Waals surface area contributed by atoms with Crippen LogP contribution in [0, 0.1) is 13.8 Å². The number of carbonyl (C=O) groups excluding carboxylic acids is 1. The van der Waals surface area contributed by atoms with E-state index in [9.17, 15) is 24.6 Å². The average molecular weight is 475 g/mol. The van der Waals surface area contributed by atoms with E-state index in [0.717, 1.165) is 11.1 Å². The van der Waals surface area contributed by atoms with Gasteiger partial charge in [-0.25, -0.2) is 4.79 Å². The fourth-order valence-corrected chi connectivity index (χ4v) is 3.34. The molecule has 2 aromatic carbocycles. The van der Waals surface area contributed by atoms with Crippen molar-refractivity contribution >= 4 is 47.2 Å². The molecule has 10 heteroatoms. The average Bonchev–Trinajstić information content (AvgIpc) is 2.76. The quantitative estimate of drug-likeness (QED) is 0.389. The Morgan fingerprint density at radius 3 is 2.38 bits per heavy atom. The van der Waals surface area contributed by atoms with Crippen LogP contribution < -0.4 is 20.9 Å². The molecule has 2 amide bonds. The number of benzene rings is 2. The fourth-order valence-electron chi connectivity index (χ4n) is 3.34. The molecule has 0 bridgehead atoms. The van der Waals surface area contributed by atoms with E-state index >= 15 is 0 Å². The van der Waals surface area contributed by atoms with Crippen LogP contribution in [-0.4, -0.2) is 56.3 Å². The SMILES string of the molecule is Cc1cccc(C)c1Oc1cccc([C@H](CC(=O)O)NC(=O)Nc2c(O)ccn(C)c2=O)c1.[NaH]. The molecule has 0 aliphatic rings. The Kier molecular flexibility index (Phi) is 9.31. The molecule has 0 spiro atoms. The summed E-state index contributed by atoms with van der Waals surface area (Å²) in [5.74, 6) is -0.338. The normalized spacial score (nSPS) is 11.1. The zero-order valence-electron chi connectivity index (χ0n) is 18.5. The molecule has 9 nitrogen and oxygen atoms in total. The summed E-state index contributed by atoms with van der Waals surface area (Å²) in [6.45, 7) is 3.85. The number of aromatic hydroxyl groups is 1. The van der Waals surface area contributed by atoms with Crippen LogP contribution >= 0.6 is 0 Å². The number of ether oxygens (including phenoxy) is 1. The van der Waals surface area contributed by atoms with Gasteiger partial charge in [-0.15, -0.1) is 0 Å². The van der Waals surface area contributed by atoms with E-state index in [-0.39, 0.29) is 35.2 Å². The molecule has 1 atom stereocenters. The van der Waals surface area contributed by atoms with Gasteiger partial charge >= 0.3 is 41.6 Å². The van der Waals surface area contributed by atoms with E-state index < -0.39 is 35.8 Å². The van der Waals surface area contributed by atoms with Crippen LogP contribution in [0.2, 0.25) is 0 Å². The number of carboxylic acid groups (broad SMARTS) is 1. The van der Waals surface area contributed by atoms with Crippen LogP contribution in [0.15, 0.2) is 59.5 Å². The van der Waals surface area contributed by atoms with Crippen LogP contribution in [0.25, 0.3) is 0 Å². The fraction of sp³-hybridized carbons (Fsp3) is 0.208. The Balaban J connectivity index is 0.00000408. The molecular formula is C24H26N3NaO6. The molecule has 3 rings (SSSR count). The summed E-state index contributed by atoms with van der Waals surface area (Å²) in [7, 11) is 1.47. The summed E-state index contributed by atoms with van der Waals surface area (Å²) >= 11 is 0. The standard InChI is InChI=1S/C24H25N3O6.Na.H/c1-14-6-4-7-15(2)22(14)33-17-9-5-8-16(12-17)18(13-20(29)30)25-24(32)26-21-19(28)10-11-27(3)23(21)31;;/h4-12,18,28H,13H2,1-3H3,(H,29,30)(H2,25,26,32);;/t18-;;/m0../s1. The minimum atomic E-state index is -1.13. The van der Waals surface area contributed by atoms with Gasteiger partial charge in [0.25, 0.3) is 5.56 Å². The van der Waals surface area contributed by atoms with Gasteiger partial charge in [0.1, 0.15) is 17.2 Å². The first kappa shape index (κ1) is 27.0. The summed E-state index contributed by atoms with van der Waals surface area (Å²) in [6.07, 6.45) is 0.953.